The third-order valence-corrected chi connectivity index (χ3v) is 6.86. The Kier molecular flexibility index (Phi) is 7.93. The molecule has 11 heteroatoms. The van der Waals surface area contributed by atoms with Crippen molar-refractivity contribution in [3.63, 3.8) is 0 Å². The largest absolute Gasteiger partial charge is 1.00 e. The highest BCUT2D eigenvalue weighted by atomic mass is 35.5. The van der Waals surface area contributed by atoms with E-state index in [0.717, 1.165) is 4.90 Å². The third kappa shape index (κ3) is 4.50. The average molecular weight is 533 g/mol. The first-order valence-electron chi connectivity index (χ1n) is 11.9. The van der Waals surface area contributed by atoms with E-state index >= 15 is 0 Å². The monoisotopic (exact) mass is 532 g/mol. The maximum Gasteiger partial charge on any atom is 0.259 e. The quantitative estimate of drug-likeness (QED) is 0.201. The van der Waals surface area contributed by atoms with E-state index in [9.17, 15) is 19.8 Å². The Labute approximate surface area is 219 Å². The smallest absolute Gasteiger partial charge is 0.259 e. The Morgan fingerprint density at radius 3 is 2.08 bits per heavy atom. The van der Waals surface area contributed by atoms with Crippen LogP contribution in [0.25, 0.3) is 22.0 Å². The average Bonchev–Trinajstić information content (AvgIpc) is 3.46. The zero-order chi connectivity index (χ0) is 25.4. The van der Waals surface area contributed by atoms with Gasteiger partial charge in [-0.15, -0.1) is 0 Å². The number of nitrogens with zero attached hydrogens (tertiary/aromatic N) is 1. The molecule has 10 nitrogen and oxygen atoms in total. The van der Waals surface area contributed by atoms with Gasteiger partial charge < -0.3 is 51.0 Å². The van der Waals surface area contributed by atoms with Crippen LogP contribution in [0.4, 0.5) is 0 Å². The standard InChI is InChI=1S/C26H28N2O8.ClH/c1-33-19-10-15-18(13-20(19)34-2)26(32)28(5-3-4-27(6-8-29)7-9-30)24-16-11-21-22(36-14-35-21)12-17(16)25(31)23(15)24;/h10-13,29-30H,3-9,14H2,1-2H3;1H. The number of benzene rings is 2. The first-order chi connectivity index (χ1) is 17.5. The van der Waals surface area contributed by atoms with Crippen molar-refractivity contribution < 1.29 is 51.3 Å². The summed E-state index contributed by atoms with van der Waals surface area (Å²) in [7, 11) is 3.01. The summed E-state index contributed by atoms with van der Waals surface area (Å²) in [4.78, 5) is 28.6. The molecule has 1 aliphatic carbocycles. The molecule has 3 N–H and O–H groups in total. The lowest BCUT2D eigenvalue weighted by Gasteiger charge is -2.19. The van der Waals surface area contributed by atoms with Gasteiger partial charge in [-0.2, -0.15) is 0 Å². The minimum atomic E-state index is -0.242. The van der Waals surface area contributed by atoms with Crippen molar-refractivity contribution >= 4 is 16.6 Å². The van der Waals surface area contributed by atoms with Crippen LogP contribution in [0.15, 0.2) is 29.1 Å². The maximum atomic E-state index is 13.8. The number of ketones is 1. The summed E-state index contributed by atoms with van der Waals surface area (Å²) < 4.78 is 23.6. The number of pyridine rings is 1. The highest BCUT2D eigenvalue weighted by Gasteiger charge is 2.35. The van der Waals surface area contributed by atoms with Gasteiger partial charge in [0.1, 0.15) is 13.1 Å². The zero-order valence-electron chi connectivity index (χ0n) is 20.6. The number of aliphatic hydroxyl groups is 2. The number of hydrogen-bond acceptors (Lipinski definition) is 8. The van der Waals surface area contributed by atoms with E-state index in [4.69, 9.17) is 18.9 Å². The van der Waals surface area contributed by atoms with E-state index in [1.807, 2.05) is 0 Å². The number of quaternary nitrogens is 1. The van der Waals surface area contributed by atoms with Gasteiger partial charge >= 0.3 is 0 Å². The molecule has 2 aliphatic rings. The van der Waals surface area contributed by atoms with E-state index in [1.54, 1.807) is 28.8 Å². The number of aromatic nitrogens is 1. The second-order valence-corrected chi connectivity index (χ2v) is 8.81. The SMILES string of the molecule is COc1cc2c3c(n(CCC[NH+](CCO)CCO)c(=O)c2cc1OC)-c1cc2c(cc1C3=O)OCO2.[Cl-]. The second-order valence-electron chi connectivity index (χ2n) is 8.81. The first kappa shape index (κ1) is 26.7. The fourth-order valence-electron chi connectivity index (χ4n) is 5.13. The van der Waals surface area contributed by atoms with Crippen molar-refractivity contribution in [2.45, 2.75) is 13.0 Å². The molecule has 0 fully saturated rings. The molecular formula is C26H29ClN2O8. The molecule has 0 bridgehead atoms. The molecule has 0 atom stereocenters. The van der Waals surface area contributed by atoms with Gasteiger partial charge in [0.05, 0.1) is 50.6 Å². The zero-order valence-corrected chi connectivity index (χ0v) is 21.4. The van der Waals surface area contributed by atoms with Crippen LogP contribution >= 0.6 is 0 Å². The predicted molar refractivity (Wildman–Crippen MR) is 131 cm³/mol. The number of methoxy groups -OCH3 is 2. The summed E-state index contributed by atoms with van der Waals surface area (Å²) in [6.45, 7) is 2.12. The Hall–Kier alpha value is -3.31. The van der Waals surface area contributed by atoms with Gasteiger partial charge in [0.2, 0.25) is 6.79 Å². The van der Waals surface area contributed by atoms with Gasteiger partial charge in [-0.3, -0.25) is 9.59 Å². The second kappa shape index (κ2) is 11.0. The van der Waals surface area contributed by atoms with Gasteiger partial charge in [-0.1, -0.05) is 0 Å². The van der Waals surface area contributed by atoms with Crippen molar-refractivity contribution in [1.82, 2.24) is 4.57 Å². The predicted octanol–water partition coefficient (Wildman–Crippen LogP) is -2.78. The lowest BCUT2D eigenvalue weighted by atomic mass is 10.0. The molecule has 198 valence electrons. The molecule has 1 aromatic heterocycles. The van der Waals surface area contributed by atoms with Crippen LogP contribution in [0.2, 0.25) is 0 Å². The number of nitrogens with one attached hydrogen (secondary N) is 1. The summed E-state index contributed by atoms with van der Waals surface area (Å²) in [6.07, 6.45) is 0.606. The van der Waals surface area contributed by atoms with Crippen molar-refractivity contribution in [1.29, 1.82) is 0 Å². The summed E-state index contributed by atoms with van der Waals surface area (Å²) in [5, 5.41) is 19.5. The van der Waals surface area contributed by atoms with E-state index < -0.39 is 0 Å². The van der Waals surface area contributed by atoms with Gasteiger partial charge in [0, 0.05) is 29.5 Å². The summed E-state index contributed by atoms with van der Waals surface area (Å²) in [5.74, 6) is 1.66. The number of carbonyl (C=O) groups excluding carboxylic acids is 1. The third-order valence-electron chi connectivity index (χ3n) is 6.86. The van der Waals surface area contributed by atoms with E-state index in [1.165, 1.54) is 14.2 Å². The Balaban J connectivity index is 0.00000320. The highest BCUT2D eigenvalue weighted by Crippen LogP contribution is 2.46. The van der Waals surface area contributed by atoms with Gasteiger partial charge in [0.25, 0.3) is 5.56 Å². The number of aliphatic hydroxyl groups excluding tert-OH is 2. The summed E-state index contributed by atoms with van der Waals surface area (Å²) in [6, 6.07) is 6.73. The number of fused-ring (bicyclic) bond motifs is 6. The molecule has 0 unspecified atom stereocenters. The van der Waals surface area contributed by atoms with Crippen LogP contribution in [0.5, 0.6) is 23.0 Å². The van der Waals surface area contributed by atoms with Crippen molar-refractivity contribution in [2.75, 3.05) is 53.9 Å². The first-order valence-corrected chi connectivity index (χ1v) is 11.9. The van der Waals surface area contributed by atoms with Crippen LogP contribution in [0.3, 0.4) is 0 Å². The maximum absolute atomic E-state index is 13.8. The lowest BCUT2D eigenvalue weighted by Crippen LogP contribution is -3.13. The van der Waals surface area contributed by atoms with Crippen molar-refractivity contribution in [2.24, 2.45) is 0 Å². The fraction of sp³-hybridized carbons (Fsp3) is 0.385. The number of hydrogen-bond donors (Lipinski definition) is 3. The molecule has 37 heavy (non-hydrogen) atoms. The van der Waals surface area contributed by atoms with Crippen LogP contribution in [0.1, 0.15) is 22.3 Å². The Bertz CT molecular complexity index is 1400. The van der Waals surface area contributed by atoms with Crippen molar-refractivity contribution in [3.8, 4) is 34.3 Å². The van der Waals surface area contributed by atoms with Gasteiger partial charge in [-0.25, -0.2) is 0 Å². The summed E-state index contributed by atoms with van der Waals surface area (Å²) >= 11 is 0. The molecule has 0 radical (unpaired) electrons. The molecule has 1 aliphatic heterocycles. The molecule has 2 aromatic carbocycles. The molecule has 5 rings (SSSR count). The molecule has 0 saturated heterocycles. The van der Waals surface area contributed by atoms with Crippen LogP contribution in [-0.4, -0.2) is 74.4 Å². The van der Waals surface area contributed by atoms with Gasteiger partial charge in [0.15, 0.2) is 28.8 Å². The normalized spacial score (nSPS) is 13.1. The Morgan fingerprint density at radius 1 is 0.892 bits per heavy atom. The minimum absolute atomic E-state index is 0. The van der Waals surface area contributed by atoms with E-state index in [-0.39, 0.29) is 43.8 Å². The lowest BCUT2D eigenvalue weighted by molar-refractivity contribution is -0.901. The molecule has 2 heterocycles. The summed E-state index contributed by atoms with van der Waals surface area (Å²) in [5.41, 5.74) is 1.82. The Morgan fingerprint density at radius 2 is 1.49 bits per heavy atom. The van der Waals surface area contributed by atoms with Crippen LogP contribution in [0, 0.1) is 0 Å². The topological polar surface area (TPSA) is 121 Å². The fourth-order valence-corrected chi connectivity index (χ4v) is 5.13. The van der Waals surface area contributed by atoms with E-state index in [0.29, 0.717) is 88.8 Å². The van der Waals surface area contributed by atoms with Crippen LogP contribution < -0.4 is 41.8 Å². The van der Waals surface area contributed by atoms with Crippen LogP contribution in [-0.2, 0) is 6.54 Å². The number of rotatable bonds is 10. The molecular weight excluding hydrogens is 504 g/mol. The molecule has 0 spiro atoms. The van der Waals surface area contributed by atoms with E-state index in [2.05, 4.69) is 0 Å². The van der Waals surface area contributed by atoms with Crippen molar-refractivity contribution in [3.05, 3.63) is 45.7 Å². The minimum Gasteiger partial charge on any atom is -1.00 e. The number of ether oxygens (including phenoxy) is 4. The number of halogens is 1. The highest BCUT2D eigenvalue weighted by molar-refractivity contribution is 6.27. The molecule has 0 amide bonds. The van der Waals surface area contributed by atoms with Gasteiger partial charge in [-0.05, 0) is 24.3 Å². The molecule has 0 saturated carbocycles. The molecule has 3 aromatic rings. The number of carbonyl (C=O) groups is 1.